The van der Waals surface area contributed by atoms with Crippen LogP contribution in [0.3, 0.4) is 0 Å². The Morgan fingerprint density at radius 2 is 1.77 bits per heavy atom. The van der Waals surface area contributed by atoms with Gasteiger partial charge in [0.15, 0.2) is 0 Å². The summed E-state index contributed by atoms with van der Waals surface area (Å²) >= 11 is 0. The summed E-state index contributed by atoms with van der Waals surface area (Å²) in [7, 11) is 0. The average molecular weight is 371 g/mol. The predicted octanol–water partition coefficient (Wildman–Crippen LogP) is 1.88. The Bertz CT molecular complexity index is 623. The zero-order valence-electron chi connectivity index (χ0n) is 14.9. The zero-order valence-corrected chi connectivity index (χ0v) is 14.9. The molecule has 2 aliphatic heterocycles. The number of anilines is 1. The fourth-order valence-electron chi connectivity index (χ4n) is 3.36. The number of carbonyl (C=O) groups is 1. The van der Waals surface area contributed by atoms with E-state index >= 15 is 0 Å². The molecule has 2 fully saturated rings. The molecule has 0 spiro atoms. The summed E-state index contributed by atoms with van der Waals surface area (Å²) in [5.74, 6) is 1.10. The number of amides is 1. The van der Waals surface area contributed by atoms with Gasteiger partial charge in [-0.1, -0.05) is 6.92 Å². The van der Waals surface area contributed by atoms with E-state index in [9.17, 15) is 18.0 Å². The van der Waals surface area contributed by atoms with Crippen LogP contribution in [-0.2, 0) is 11.0 Å². The second-order valence-corrected chi connectivity index (χ2v) is 7.09. The maximum atomic E-state index is 12.8. The molecule has 0 aliphatic carbocycles. The van der Waals surface area contributed by atoms with Crippen molar-refractivity contribution in [3.05, 3.63) is 18.1 Å². The molecule has 3 rings (SSSR count). The Hall–Kier alpha value is -1.90. The molecule has 0 aromatic carbocycles. The van der Waals surface area contributed by atoms with Gasteiger partial charge in [0, 0.05) is 45.3 Å². The van der Waals surface area contributed by atoms with Crippen molar-refractivity contribution in [1.29, 1.82) is 0 Å². The summed E-state index contributed by atoms with van der Waals surface area (Å²) in [6.07, 6.45) is -1.42. The molecule has 9 heteroatoms. The topological polar surface area (TPSA) is 52.6 Å². The van der Waals surface area contributed by atoms with E-state index in [-0.39, 0.29) is 11.7 Å². The second kappa shape index (κ2) is 7.77. The van der Waals surface area contributed by atoms with Crippen LogP contribution in [0, 0.1) is 5.92 Å². The summed E-state index contributed by atoms with van der Waals surface area (Å²) in [4.78, 5) is 25.4. The van der Waals surface area contributed by atoms with Crippen molar-refractivity contribution >= 4 is 11.7 Å². The van der Waals surface area contributed by atoms with Crippen LogP contribution >= 0.6 is 0 Å². The molecule has 6 nitrogen and oxygen atoms in total. The molecular formula is C17H24F3N5O. The van der Waals surface area contributed by atoms with Crippen molar-refractivity contribution in [1.82, 2.24) is 19.8 Å². The molecule has 2 saturated heterocycles. The molecule has 0 unspecified atom stereocenters. The van der Waals surface area contributed by atoms with Crippen LogP contribution in [0.2, 0.25) is 0 Å². The fraction of sp³-hybridized carbons (Fsp3) is 0.706. The summed E-state index contributed by atoms with van der Waals surface area (Å²) < 4.78 is 38.3. The highest BCUT2D eigenvalue weighted by Gasteiger charge is 2.33. The number of piperidine rings is 1. The minimum absolute atomic E-state index is 0.145. The lowest BCUT2D eigenvalue weighted by atomic mass is 9.99. The number of alkyl halides is 3. The van der Waals surface area contributed by atoms with Gasteiger partial charge in [-0.3, -0.25) is 9.69 Å². The van der Waals surface area contributed by atoms with Gasteiger partial charge in [0.25, 0.3) is 0 Å². The van der Waals surface area contributed by atoms with Crippen LogP contribution < -0.4 is 4.90 Å². The summed E-state index contributed by atoms with van der Waals surface area (Å²) in [6.45, 7) is 6.56. The van der Waals surface area contributed by atoms with Crippen molar-refractivity contribution in [3.8, 4) is 0 Å². The summed E-state index contributed by atoms with van der Waals surface area (Å²) in [6, 6.07) is 0.982. The number of halogens is 3. The minimum Gasteiger partial charge on any atom is -0.354 e. The highest BCUT2D eigenvalue weighted by molar-refractivity contribution is 5.78. The van der Waals surface area contributed by atoms with Crippen molar-refractivity contribution in [2.75, 3.05) is 50.7 Å². The molecule has 0 radical (unpaired) electrons. The molecule has 1 aromatic heterocycles. The maximum absolute atomic E-state index is 12.8. The van der Waals surface area contributed by atoms with Crippen LogP contribution in [0.25, 0.3) is 0 Å². The van der Waals surface area contributed by atoms with Gasteiger partial charge in [-0.2, -0.15) is 13.2 Å². The van der Waals surface area contributed by atoms with Gasteiger partial charge in [-0.25, -0.2) is 9.97 Å². The Morgan fingerprint density at radius 3 is 2.38 bits per heavy atom. The first-order valence-corrected chi connectivity index (χ1v) is 8.97. The van der Waals surface area contributed by atoms with E-state index in [4.69, 9.17) is 0 Å². The third kappa shape index (κ3) is 4.63. The van der Waals surface area contributed by atoms with E-state index in [0.29, 0.717) is 38.6 Å². The van der Waals surface area contributed by atoms with Crippen molar-refractivity contribution in [3.63, 3.8) is 0 Å². The number of piperazine rings is 1. The smallest absolute Gasteiger partial charge is 0.354 e. The Morgan fingerprint density at radius 1 is 1.12 bits per heavy atom. The molecular weight excluding hydrogens is 347 g/mol. The molecule has 144 valence electrons. The Kier molecular flexibility index (Phi) is 5.64. The number of nitrogens with zero attached hydrogens (tertiary/aromatic N) is 5. The third-order valence-corrected chi connectivity index (χ3v) is 5.13. The number of likely N-dealkylation sites (tertiary alicyclic amines) is 1. The molecule has 1 amide bonds. The van der Waals surface area contributed by atoms with Crippen molar-refractivity contribution in [2.45, 2.75) is 25.9 Å². The predicted molar refractivity (Wildman–Crippen MR) is 90.7 cm³/mol. The van der Waals surface area contributed by atoms with Gasteiger partial charge in [0.2, 0.25) is 5.91 Å². The largest absolute Gasteiger partial charge is 0.433 e. The molecule has 3 heterocycles. The molecule has 0 bridgehead atoms. The van der Waals surface area contributed by atoms with E-state index in [2.05, 4.69) is 21.8 Å². The zero-order chi connectivity index (χ0) is 18.7. The Balaban J connectivity index is 1.51. The first-order chi connectivity index (χ1) is 12.3. The standard InChI is InChI=1S/C17H24F3N5O/c1-13-2-4-25(5-3-13)16(26)11-23-6-8-24(9-7-23)15-10-14(17(18,19)20)21-12-22-15/h10,12-13H,2-9,11H2,1H3. The van der Waals surface area contributed by atoms with Crippen LogP contribution in [-0.4, -0.2) is 71.5 Å². The SMILES string of the molecule is CC1CCN(C(=O)CN2CCN(c3cc(C(F)(F)F)ncn3)CC2)CC1. The van der Waals surface area contributed by atoms with E-state index in [0.717, 1.165) is 38.3 Å². The quantitative estimate of drug-likeness (QED) is 0.812. The van der Waals surface area contributed by atoms with Crippen molar-refractivity contribution in [2.24, 2.45) is 5.92 Å². The van der Waals surface area contributed by atoms with Crippen molar-refractivity contribution < 1.29 is 18.0 Å². The summed E-state index contributed by atoms with van der Waals surface area (Å²) in [5.41, 5.74) is -0.931. The van der Waals surface area contributed by atoms with Gasteiger partial charge in [-0.05, 0) is 18.8 Å². The van der Waals surface area contributed by atoms with Gasteiger partial charge < -0.3 is 9.80 Å². The Labute approximate surface area is 151 Å². The molecule has 2 aliphatic rings. The van der Waals surface area contributed by atoms with Gasteiger partial charge in [0.1, 0.15) is 17.8 Å². The lowest BCUT2D eigenvalue weighted by molar-refractivity contribution is -0.141. The van der Waals surface area contributed by atoms with Crippen LogP contribution in [0.15, 0.2) is 12.4 Å². The number of hydrogen-bond acceptors (Lipinski definition) is 5. The highest BCUT2D eigenvalue weighted by atomic mass is 19.4. The minimum atomic E-state index is -4.47. The van der Waals surface area contributed by atoms with E-state index in [1.54, 1.807) is 4.90 Å². The maximum Gasteiger partial charge on any atom is 0.433 e. The molecule has 26 heavy (non-hydrogen) atoms. The number of carbonyl (C=O) groups excluding carboxylic acids is 1. The average Bonchev–Trinajstić information content (AvgIpc) is 2.62. The number of aromatic nitrogens is 2. The molecule has 0 saturated carbocycles. The van der Waals surface area contributed by atoms with Gasteiger partial charge in [0.05, 0.1) is 6.54 Å². The normalized spacial score (nSPS) is 20.5. The van der Waals surface area contributed by atoms with E-state index in [1.807, 2.05) is 4.90 Å². The number of rotatable bonds is 3. The third-order valence-electron chi connectivity index (χ3n) is 5.13. The molecule has 0 N–H and O–H groups in total. The lowest BCUT2D eigenvalue weighted by Gasteiger charge is -2.37. The first-order valence-electron chi connectivity index (χ1n) is 8.97. The van der Waals surface area contributed by atoms with Gasteiger partial charge in [-0.15, -0.1) is 0 Å². The fourth-order valence-corrected chi connectivity index (χ4v) is 3.36. The van der Waals surface area contributed by atoms with Crippen LogP contribution in [0.1, 0.15) is 25.5 Å². The van der Waals surface area contributed by atoms with E-state index in [1.165, 1.54) is 0 Å². The molecule has 1 aromatic rings. The monoisotopic (exact) mass is 371 g/mol. The van der Waals surface area contributed by atoms with Crippen LogP contribution in [0.4, 0.5) is 19.0 Å². The number of hydrogen-bond donors (Lipinski definition) is 0. The second-order valence-electron chi connectivity index (χ2n) is 7.09. The first kappa shape index (κ1) is 18.9. The molecule has 0 atom stereocenters. The lowest BCUT2D eigenvalue weighted by Crippen LogP contribution is -2.51. The van der Waals surface area contributed by atoms with Crippen LogP contribution in [0.5, 0.6) is 0 Å². The van der Waals surface area contributed by atoms with Gasteiger partial charge >= 0.3 is 6.18 Å². The summed E-state index contributed by atoms with van der Waals surface area (Å²) in [5, 5.41) is 0. The highest BCUT2D eigenvalue weighted by Crippen LogP contribution is 2.29. The van der Waals surface area contributed by atoms with E-state index < -0.39 is 11.9 Å².